The van der Waals surface area contributed by atoms with E-state index in [2.05, 4.69) is 33.0 Å². The Balaban J connectivity index is 2.93. The van der Waals surface area contributed by atoms with Crippen LogP contribution in [0.4, 0.5) is 4.39 Å². The lowest BCUT2D eigenvalue weighted by molar-refractivity contribution is 0.232. The van der Waals surface area contributed by atoms with Crippen LogP contribution >= 0.6 is 11.6 Å². The van der Waals surface area contributed by atoms with Crippen LogP contribution in [0.1, 0.15) is 39.7 Å². The van der Waals surface area contributed by atoms with Crippen LogP contribution in [0, 0.1) is 11.2 Å². The van der Waals surface area contributed by atoms with E-state index in [1.807, 2.05) is 0 Å². The van der Waals surface area contributed by atoms with Crippen molar-refractivity contribution in [2.75, 3.05) is 6.54 Å². The number of likely N-dealkylation sites (N-methyl/N-ethyl adjacent to an activating group) is 1. The molecule has 1 unspecified atom stereocenters. The van der Waals surface area contributed by atoms with Gasteiger partial charge in [-0.15, -0.1) is 0 Å². The highest BCUT2D eigenvalue weighted by atomic mass is 35.5. The van der Waals surface area contributed by atoms with Crippen molar-refractivity contribution in [3.63, 3.8) is 0 Å². The summed E-state index contributed by atoms with van der Waals surface area (Å²) in [5.74, 6) is -0.223. The van der Waals surface area contributed by atoms with E-state index in [1.165, 1.54) is 6.07 Å². The van der Waals surface area contributed by atoms with Crippen molar-refractivity contribution in [3.05, 3.63) is 34.6 Å². The lowest BCUT2D eigenvalue weighted by atomic mass is 9.79. The number of rotatable bonds is 6. The van der Waals surface area contributed by atoms with Crippen molar-refractivity contribution in [2.45, 2.75) is 46.6 Å². The van der Waals surface area contributed by atoms with E-state index in [1.54, 1.807) is 12.1 Å². The molecule has 1 atom stereocenters. The number of halogens is 2. The number of hydrogen-bond acceptors (Lipinski definition) is 1. The summed E-state index contributed by atoms with van der Waals surface area (Å²) < 4.78 is 13.3. The minimum absolute atomic E-state index is 0.158. The zero-order chi connectivity index (χ0) is 13.8. The van der Waals surface area contributed by atoms with Gasteiger partial charge in [-0.1, -0.05) is 39.3 Å². The highest BCUT2D eigenvalue weighted by Crippen LogP contribution is 2.29. The van der Waals surface area contributed by atoms with Gasteiger partial charge in [0.1, 0.15) is 5.82 Å². The standard InChI is InChI=1S/C15H23ClFN/c1-5-15(3,4)14(18-6-2)10-11-9-12(17)7-8-13(11)16/h7-9,14,18H,5-6,10H2,1-4H3. The van der Waals surface area contributed by atoms with E-state index >= 15 is 0 Å². The van der Waals surface area contributed by atoms with Crippen molar-refractivity contribution in [3.8, 4) is 0 Å². The Labute approximate surface area is 115 Å². The molecular weight excluding hydrogens is 249 g/mol. The van der Waals surface area contributed by atoms with Gasteiger partial charge in [0.2, 0.25) is 0 Å². The molecule has 0 heterocycles. The second-order valence-corrected chi connectivity index (χ2v) is 5.80. The second-order valence-electron chi connectivity index (χ2n) is 5.39. The predicted octanol–water partition coefficient (Wildman–Crippen LogP) is 4.44. The zero-order valence-corrected chi connectivity index (χ0v) is 12.4. The summed E-state index contributed by atoms with van der Waals surface area (Å²) in [6, 6.07) is 4.87. The predicted molar refractivity (Wildman–Crippen MR) is 76.7 cm³/mol. The van der Waals surface area contributed by atoms with Gasteiger partial charge in [0.05, 0.1) is 0 Å². The van der Waals surface area contributed by atoms with Gasteiger partial charge in [-0.2, -0.15) is 0 Å². The molecule has 0 spiro atoms. The van der Waals surface area contributed by atoms with Gasteiger partial charge in [-0.05, 0) is 48.6 Å². The molecule has 0 saturated carbocycles. The summed E-state index contributed by atoms with van der Waals surface area (Å²) in [5, 5.41) is 4.13. The molecule has 0 fully saturated rings. The topological polar surface area (TPSA) is 12.0 Å². The molecule has 1 nitrogen and oxygen atoms in total. The first-order valence-corrected chi connectivity index (χ1v) is 6.95. The molecule has 0 aliphatic heterocycles. The fourth-order valence-corrected chi connectivity index (χ4v) is 2.23. The van der Waals surface area contributed by atoms with Crippen molar-refractivity contribution < 1.29 is 4.39 Å². The molecule has 1 N–H and O–H groups in total. The first-order chi connectivity index (χ1) is 8.40. The Hall–Kier alpha value is -0.600. The smallest absolute Gasteiger partial charge is 0.123 e. The number of hydrogen-bond donors (Lipinski definition) is 1. The van der Waals surface area contributed by atoms with Gasteiger partial charge in [0.15, 0.2) is 0 Å². The summed E-state index contributed by atoms with van der Waals surface area (Å²) in [7, 11) is 0. The average molecular weight is 272 g/mol. The van der Waals surface area contributed by atoms with Crippen molar-refractivity contribution >= 4 is 11.6 Å². The first-order valence-electron chi connectivity index (χ1n) is 6.58. The quantitative estimate of drug-likeness (QED) is 0.807. The third-order valence-electron chi connectivity index (χ3n) is 3.74. The van der Waals surface area contributed by atoms with Crippen LogP contribution in [0.5, 0.6) is 0 Å². The molecule has 0 aromatic heterocycles. The van der Waals surface area contributed by atoms with Gasteiger partial charge in [-0.25, -0.2) is 4.39 Å². The number of benzene rings is 1. The molecule has 0 radical (unpaired) electrons. The molecule has 1 aromatic carbocycles. The van der Waals surface area contributed by atoms with Gasteiger partial charge in [0, 0.05) is 11.1 Å². The molecule has 0 aliphatic rings. The maximum atomic E-state index is 13.3. The maximum absolute atomic E-state index is 13.3. The summed E-state index contributed by atoms with van der Waals surface area (Å²) >= 11 is 6.14. The van der Waals surface area contributed by atoms with Gasteiger partial charge >= 0.3 is 0 Å². The summed E-state index contributed by atoms with van der Waals surface area (Å²) in [4.78, 5) is 0. The Kier molecular flexibility index (Phi) is 5.61. The molecule has 18 heavy (non-hydrogen) atoms. The van der Waals surface area contributed by atoms with Gasteiger partial charge < -0.3 is 5.32 Å². The van der Waals surface area contributed by atoms with Crippen LogP contribution in [-0.2, 0) is 6.42 Å². The van der Waals surface area contributed by atoms with Crippen molar-refractivity contribution in [2.24, 2.45) is 5.41 Å². The Morgan fingerprint density at radius 2 is 2.00 bits per heavy atom. The largest absolute Gasteiger partial charge is 0.313 e. The molecule has 3 heteroatoms. The molecule has 102 valence electrons. The summed E-state index contributed by atoms with van der Waals surface area (Å²) in [6.45, 7) is 9.63. The maximum Gasteiger partial charge on any atom is 0.123 e. The average Bonchev–Trinajstić information content (AvgIpc) is 2.33. The normalized spacial score (nSPS) is 13.7. The minimum atomic E-state index is -0.223. The van der Waals surface area contributed by atoms with Crippen LogP contribution in [0.15, 0.2) is 18.2 Å². The third-order valence-corrected chi connectivity index (χ3v) is 4.11. The van der Waals surface area contributed by atoms with Crippen LogP contribution in [-0.4, -0.2) is 12.6 Å². The second kappa shape index (κ2) is 6.53. The molecule has 1 rings (SSSR count). The van der Waals surface area contributed by atoms with Crippen molar-refractivity contribution in [1.29, 1.82) is 0 Å². The van der Waals surface area contributed by atoms with Crippen molar-refractivity contribution in [1.82, 2.24) is 5.32 Å². The Bertz CT molecular complexity index is 390. The molecule has 0 saturated heterocycles. The summed E-state index contributed by atoms with van der Waals surface area (Å²) in [6.07, 6.45) is 1.82. The SMILES string of the molecule is CCNC(Cc1cc(F)ccc1Cl)C(C)(C)CC. The van der Waals surface area contributed by atoms with E-state index < -0.39 is 0 Å². The highest BCUT2D eigenvalue weighted by Gasteiger charge is 2.27. The molecular formula is C15H23ClFN. The molecule has 0 amide bonds. The van der Waals surface area contributed by atoms with E-state index in [9.17, 15) is 4.39 Å². The Morgan fingerprint density at radius 3 is 2.56 bits per heavy atom. The van der Waals surface area contributed by atoms with Crippen LogP contribution in [0.2, 0.25) is 5.02 Å². The van der Waals surface area contributed by atoms with E-state index in [0.29, 0.717) is 11.1 Å². The lowest BCUT2D eigenvalue weighted by Crippen LogP contribution is -2.43. The van der Waals surface area contributed by atoms with E-state index in [-0.39, 0.29) is 11.2 Å². The first kappa shape index (κ1) is 15.5. The van der Waals surface area contributed by atoms with Crippen LogP contribution < -0.4 is 5.32 Å². The fourth-order valence-electron chi connectivity index (χ4n) is 2.04. The molecule has 0 bridgehead atoms. The zero-order valence-electron chi connectivity index (χ0n) is 11.7. The van der Waals surface area contributed by atoms with E-state index in [4.69, 9.17) is 11.6 Å². The van der Waals surface area contributed by atoms with Gasteiger partial charge in [0.25, 0.3) is 0 Å². The number of nitrogens with one attached hydrogen (secondary N) is 1. The summed E-state index contributed by atoms with van der Waals surface area (Å²) in [5.41, 5.74) is 1.04. The monoisotopic (exact) mass is 271 g/mol. The third kappa shape index (κ3) is 3.96. The minimum Gasteiger partial charge on any atom is -0.313 e. The van der Waals surface area contributed by atoms with Crippen LogP contribution in [0.3, 0.4) is 0 Å². The van der Waals surface area contributed by atoms with E-state index in [0.717, 1.165) is 24.9 Å². The Morgan fingerprint density at radius 1 is 1.33 bits per heavy atom. The fraction of sp³-hybridized carbons (Fsp3) is 0.600. The highest BCUT2D eigenvalue weighted by molar-refractivity contribution is 6.31. The van der Waals surface area contributed by atoms with Gasteiger partial charge in [-0.3, -0.25) is 0 Å². The lowest BCUT2D eigenvalue weighted by Gasteiger charge is -2.34. The molecule has 1 aromatic rings. The van der Waals surface area contributed by atoms with Crippen LogP contribution in [0.25, 0.3) is 0 Å². The molecule has 0 aliphatic carbocycles.